The summed E-state index contributed by atoms with van der Waals surface area (Å²) in [5.41, 5.74) is 6.23. The molecular weight excluding hydrogens is 283 g/mol. The molecule has 5 nitrogen and oxygen atoms in total. The number of furan rings is 1. The van der Waals surface area contributed by atoms with Crippen LogP contribution < -0.4 is 10.5 Å². The van der Waals surface area contributed by atoms with Gasteiger partial charge in [-0.3, -0.25) is 4.72 Å². The van der Waals surface area contributed by atoms with Crippen LogP contribution in [0, 0.1) is 19.7 Å². The molecule has 1 aromatic heterocycles. The van der Waals surface area contributed by atoms with Crippen molar-refractivity contribution >= 4 is 15.7 Å². The molecule has 0 atom stereocenters. The van der Waals surface area contributed by atoms with E-state index in [0.717, 1.165) is 6.07 Å². The van der Waals surface area contributed by atoms with Crippen LogP contribution in [0.1, 0.15) is 17.1 Å². The monoisotopic (exact) mass is 298 g/mol. The molecule has 0 bridgehead atoms. The van der Waals surface area contributed by atoms with E-state index >= 15 is 0 Å². The van der Waals surface area contributed by atoms with E-state index < -0.39 is 15.8 Å². The lowest BCUT2D eigenvalue weighted by atomic mass is 10.2. The molecule has 0 aliphatic heterocycles. The second kappa shape index (κ2) is 5.26. The van der Waals surface area contributed by atoms with Gasteiger partial charge >= 0.3 is 0 Å². The third-order valence-electron chi connectivity index (χ3n) is 2.86. The minimum atomic E-state index is -3.84. The molecule has 0 unspecified atom stereocenters. The lowest BCUT2D eigenvalue weighted by molar-refractivity contribution is 0.479. The van der Waals surface area contributed by atoms with Crippen molar-refractivity contribution in [1.82, 2.24) is 0 Å². The Labute approximate surface area is 116 Å². The maximum atomic E-state index is 13.2. The largest absolute Gasteiger partial charge is 0.464 e. The Balaban J connectivity index is 2.40. The topological polar surface area (TPSA) is 85.3 Å². The lowest BCUT2D eigenvalue weighted by Crippen LogP contribution is -2.14. The van der Waals surface area contributed by atoms with Crippen molar-refractivity contribution in [3.63, 3.8) is 0 Å². The van der Waals surface area contributed by atoms with Crippen molar-refractivity contribution in [1.29, 1.82) is 0 Å². The number of benzene rings is 1. The first-order valence-corrected chi connectivity index (χ1v) is 7.40. The number of nitrogens with one attached hydrogen (secondary N) is 1. The van der Waals surface area contributed by atoms with Crippen molar-refractivity contribution < 1.29 is 17.2 Å². The summed E-state index contributed by atoms with van der Waals surface area (Å²) in [6.07, 6.45) is 0. The van der Waals surface area contributed by atoms with Gasteiger partial charge in [0.05, 0.1) is 12.2 Å². The number of sulfonamides is 1. The lowest BCUT2D eigenvalue weighted by Gasteiger charge is -2.09. The molecule has 0 aliphatic carbocycles. The number of anilines is 1. The highest BCUT2D eigenvalue weighted by Gasteiger charge is 2.22. The molecule has 0 radical (unpaired) electrons. The van der Waals surface area contributed by atoms with Crippen LogP contribution in [0.2, 0.25) is 0 Å². The van der Waals surface area contributed by atoms with Crippen LogP contribution in [0.3, 0.4) is 0 Å². The van der Waals surface area contributed by atoms with Crippen LogP contribution in [0.25, 0.3) is 0 Å². The van der Waals surface area contributed by atoms with E-state index in [1.54, 1.807) is 6.92 Å². The van der Waals surface area contributed by atoms with Crippen LogP contribution in [0.4, 0.5) is 10.1 Å². The number of hydrogen-bond acceptors (Lipinski definition) is 4. The van der Waals surface area contributed by atoms with E-state index in [-0.39, 0.29) is 22.9 Å². The maximum absolute atomic E-state index is 13.2. The predicted molar refractivity (Wildman–Crippen MR) is 73.3 cm³/mol. The van der Waals surface area contributed by atoms with Crippen LogP contribution in [0.5, 0.6) is 0 Å². The highest BCUT2D eigenvalue weighted by molar-refractivity contribution is 7.92. The van der Waals surface area contributed by atoms with E-state index in [1.165, 1.54) is 25.1 Å². The van der Waals surface area contributed by atoms with Crippen LogP contribution in [-0.2, 0) is 16.6 Å². The summed E-state index contributed by atoms with van der Waals surface area (Å²) in [6.45, 7) is 3.33. The van der Waals surface area contributed by atoms with Crippen molar-refractivity contribution in [2.75, 3.05) is 4.72 Å². The average Bonchev–Trinajstić information content (AvgIpc) is 2.76. The number of aryl methyl sites for hydroxylation is 2. The summed E-state index contributed by atoms with van der Waals surface area (Å²) in [6, 6.07) is 5.27. The predicted octanol–water partition coefficient (Wildman–Crippen LogP) is 2.30. The van der Waals surface area contributed by atoms with Gasteiger partial charge in [-0.05, 0) is 31.5 Å². The van der Waals surface area contributed by atoms with Gasteiger partial charge in [0.25, 0.3) is 10.0 Å². The van der Waals surface area contributed by atoms with Crippen molar-refractivity contribution in [3.8, 4) is 0 Å². The van der Waals surface area contributed by atoms with E-state index in [9.17, 15) is 12.8 Å². The van der Waals surface area contributed by atoms with Crippen LogP contribution >= 0.6 is 0 Å². The second-order valence-electron chi connectivity index (χ2n) is 4.40. The van der Waals surface area contributed by atoms with Crippen LogP contribution in [0.15, 0.2) is 33.6 Å². The number of nitrogens with two attached hydrogens (primary N) is 1. The first kappa shape index (κ1) is 14.5. The summed E-state index contributed by atoms with van der Waals surface area (Å²) in [5, 5.41) is 0. The molecular formula is C13H15FN2O3S. The molecule has 20 heavy (non-hydrogen) atoms. The quantitative estimate of drug-likeness (QED) is 0.907. The Bertz CT molecular complexity index is 738. The van der Waals surface area contributed by atoms with Gasteiger partial charge in [-0.2, -0.15) is 0 Å². The molecule has 108 valence electrons. The van der Waals surface area contributed by atoms with Gasteiger partial charge in [0.2, 0.25) is 0 Å². The molecule has 7 heteroatoms. The molecule has 0 fully saturated rings. The zero-order valence-corrected chi connectivity index (χ0v) is 11.9. The fourth-order valence-electron chi connectivity index (χ4n) is 1.80. The SMILES string of the molecule is Cc1ccc(F)cc1NS(=O)(=O)c1cc(CN)oc1C. The molecule has 0 amide bonds. The Morgan fingerprint density at radius 3 is 2.60 bits per heavy atom. The van der Waals surface area contributed by atoms with Gasteiger partial charge in [-0.25, -0.2) is 12.8 Å². The Morgan fingerprint density at radius 1 is 1.30 bits per heavy atom. The summed E-state index contributed by atoms with van der Waals surface area (Å²) >= 11 is 0. The third kappa shape index (κ3) is 2.83. The fourth-order valence-corrected chi connectivity index (χ4v) is 3.12. The average molecular weight is 298 g/mol. The Hall–Kier alpha value is -1.86. The number of hydrogen-bond donors (Lipinski definition) is 2. The van der Waals surface area contributed by atoms with Gasteiger partial charge in [-0.15, -0.1) is 0 Å². The van der Waals surface area contributed by atoms with E-state index in [1.807, 2.05) is 0 Å². The molecule has 3 N–H and O–H groups in total. The summed E-state index contributed by atoms with van der Waals surface area (Å²) in [7, 11) is -3.84. The van der Waals surface area contributed by atoms with Gasteiger partial charge in [0, 0.05) is 6.07 Å². The van der Waals surface area contributed by atoms with E-state index in [0.29, 0.717) is 11.3 Å². The van der Waals surface area contributed by atoms with Gasteiger partial charge < -0.3 is 10.2 Å². The van der Waals surface area contributed by atoms with Crippen molar-refractivity contribution in [3.05, 3.63) is 47.2 Å². The van der Waals surface area contributed by atoms with E-state index in [4.69, 9.17) is 10.2 Å². The second-order valence-corrected chi connectivity index (χ2v) is 6.05. The van der Waals surface area contributed by atoms with Gasteiger partial charge in [0.15, 0.2) is 0 Å². The molecule has 0 saturated carbocycles. The number of rotatable bonds is 4. The third-order valence-corrected chi connectivity index (χ3v) is 4.33. The highest BCUT2D eigenvalue weighted by atomic mass is 32.2. The minimum absolute atomic E-state index is 0.00149. The van der Waals surface area contributed by atoms with Crippen LogP contribution in [-0.4, -0.2) is 8.42 Å². The minimum Gasteiger partial charge on any atom is -0.464 e. The van der Waals surface area contributed by atoms with Gasteiger partial charge in [-0.1, -0.05) is 6.07 Å². The van der Waals surface area contributed by atoms with Crippen molar-refractivity contribution in [2.45, 2.75) is 25.3 Å². The normalized spacial score (nSPS) is 11.6. The summed E-state index contributed by atoms with van der Waals surface area (Å²) < 4.78 is 45.3. The van der Waals surface area contributed by atoms with Crippen molar-refractivity contribution in [2.24, 2.45) is 5.73 Å². The smallest absolute Gasteiger partial charge is 0.265 e. The first-order chi connectivity index (χ1) is 9.33. The Morgan fingerprint density at radius 2 is 2.00 bits per heavy atom. The maximum Gasteiger partial charge on any atom is 0.265 e. The number of halogens is 1. The van der Waals surface area contributed by atoms with E-state index in [2.05, 4.69) is 4.72 Å². The molecule has 2 rings (SSSR count). The fraction of sp³-hybridized carbons (Fsp3) is 0.231. The molecule has 0 aliphatic rings. The zero-order valence-electron chi connectivity index (χ0n) is 11.1. The molecule has 0 spiro atoms. The summed E-state index contributed by atoms with van der Waals surface area (Å²) in [4.78, 5) is 0.00149. The molecule has 2 aromatic rings. The molecule has 0 saturated heterocycles. The highest BCUT2D eigenvalue weighted by Crippen LogP contribution is 2.24. The zero-order chi connectivity index (χ0) is 14.9. The first-order valence-electron chi connectivity index (χ1n) is 5.92. The molecule has 1 heterocycles. The molecule has 1 aromatic carbocycles. The summed E-state index contributed by atoms with van der Waals surface area (Å²) in [5.74, 6) is 0.103. The Kier molecular flexibility index (Phi) is 3.82. The van der Waals surface area contributed by atoms with Gasteiger partial charge in [0.1, 0.15) is 22.2 Å². The standard InChI is InChI=1S/C13H15FN2O3S/c1-8-3-4-10(14)5-12(8)16-20(17,18)13-6-11(7-15)19-9(13)2/h3-6,16H,7,15H2,1-2H3.